The number of carbonyl (C=O) groups is 1. The maximum atomic E-state index is 12.2. The predicted molar refractivity (Wildman–Crippen MR) is 85.5 cm³/mol. The van der Waals surface area contributed by atoms with Gasteiger partial charge >= 0.3 is 5.91 Å². The second-order valence-corrected chi connectivity index (χ2v) is 6.15. The number of hydrogen-bond acceptors (Lipinski definition) is 4. The summed E-state index contributed by atoms with van der Waals surface area (Å²) in [5, 5.41) is 0. The van der Waals surface area contributed by atoms with Crippen molar-refractivity contribution in [3.8, 4) is 0 Å². The number of amides is 1. The Kier molecular flexibility index (Phi) is 4.02. The molecule has 0 radical (unpaired) electrons. The lowest BCUT2D eigenvalue weighted by atomic mass is 10.1. The van der Waals surface area contributed by atoms with Gasteiger partial charge in [0.25, 0.3) is 0 Å². The summed E-state index contributed by atoms with van der Waals surface area (Å²) in [7, 11) is 0. The summed E-state index contributed by atoms with van der Waals surface area (Å²) >= 11 is 1.53. The molecule has 5 nitrogen and oxygen atoms in total. The summed E-state index contributed by atoms with van der Waals surface area (Å²) < 4.78 is 13.6. The monoisotopic (exact) mass is 318 g/mol. The van der Waals surface area contributed by atoms with E-state index >= 15 is 0 Å². The smallest absolute Gasteiger partial charge is 0.317 e. The topological polar surface area (TPSA) is 52.8 Å². The molecule has 0 bridgehead atoms. The van der Waals surface area contributed by atoms with Crippen molar-refractivity contribution in [2.45, 2.75) is 27.3 Å². The number of aromatic nitrogens is 1. The standard InChI is InChI=1S/C16H18N2O3S/c1-4-18-12-8-10(2)7-11(3)14(12)22-16(18)17-15(19)13-9-20-5-6-21-13/h7-9H,4-6H2,1-3H3. The predicted octanol–water partition coefficient (Wildman–Crippen LogP) is 2.66. The molecule has 22 heavy (non-hydrogen) atoms. The van der Waals surface area contributed by atoms with Gasteiger partial charge < -0.3 is 14.0 Å². The number of benzene rings is 1. The molecule has 2 heterocycles. The summed E-state index contributed by atoms with van der Waals surface area (Å²) in [5.74, 6) is -0.234. The van der Waals surface area contributed by atoms with E-state index < -0.39 is 5.91 Å². The van der Waals surface area contributed by atoms with Gasteiger partial charge in [-0.2, -0.15) is 4.99 Å². The lowest BCUT2D eigenvalue weighted by molar-refractivity contribution is -0.119. The van der Waals surface area contributed by atoms with Gasteiger partial charge in [0.15, 0.2) is 4.80 Å². The van der Waals surface area contributed by atoms with E-state index in [1.54, 1.807) is 0 Å². The average Bonchev–Trinajstić information content (AvgIpc) is 2.85. The first-order chi connectivity index (χ1) is 10.6. The lowest BCUT2D eigenvalue weighted by Gasteiger charge is -2.12. The molecule has 0 unspecified atom stereocenters. The Hall–Kier alpha value is -2.08. The average molecular weight is 318 g/mol. The van der Waals surface area contributed by atoms with E-state index in [-0.39, 0.29) is 5.76 Å². The highest BCUT2D eigenvalue weighted by Crippen LogP contribution is 2.23. The first-order valence-corrected chi connectivity index (χ1v) is 8.06. The molecule has 0 aliphatic carbocycles. The van der Waals surface area contributed by atoms with Crippen molar-refractivity contribution in [3.63, 3.8) is 0 Å². The Labute approximate surface area is 132 Å². The van der Waals surface area contributed by atoms with Crippen LogP contribution < -0.4 is 4.80 Å². The molecule has 1 aliphatic rings. The van der Waals surface area contributed by atoms with E-state index in [1.165, 1.54) is 28.7 Å². The fourth-order valence-electron chi connectivity index (χ4n) is 2.53. The van der Waals surface area contributed by atoms with Crippen LogP contribution in [-0.2, 0) is 20.8 Å². The minimum atomic E-state index is -0.400. The van der Waals surface area contributed by atoms with Crippen LogP contribution in [0.4, 0.5) is 0 Å². The maximum Gasteiger partial charge on any atom is 0.317 e. The van der Waals surface area contributed by atoms with Gasteiger partial charge in [0.1, 0.15) is 19.5 Å². The molecule has 3 rings (SSSR count). The zero-order valence-electron chi connectivity index (χ0n) is 12.9. The van der Waals surface area contributed by atoms with Gasteiger partial charge in [-0.25, -0.2) is 0 Å². The Balaban J connectivity index is 2.14. The van der Waals surface area contributed by atoms with Crippen molar-refractivity contribution in [2.75, 3.05) is 13.2 Å². The van der Waals surface area contributed by atoms with Crippen LogP contribution in [0.15, 0.2) is 29.1 Å². The van der Waals surface area contributed by atoms with E-state index in [2.05, 4.69) is 35.5 Å². The summed E-state index contributed by atoms with van der Waals surface area (Å²) in [6.45, 7) is 7.80. The molecule has 1 amide bonds. The van der Waals surface area contributed by atoms with Crippen LogP contribution in [0, 0.1) is 13.8 Å². The van der Waals surface area contributed by atoms with Crippen LogP contribution in [0.3, 0.4) is 0 Å². The number of carbonyl (C=O) groups excluding carboxylic acids is 1. The van der Waals surface area contributed by atoms with Crippen molar-refractivity contribution < 1.29 is 14.3 Å². The molecule has 0 fully saturated rings. The van der Waals surface area contributed by atoms with Crippen molar-refractivity contribution in [3.05, 3.63) is 40.1 Å². The number of nitrogens with zero attached hydrogens (tertiary/aromatic N) is 2. The first kappa shape index (κ1) is 14.8. The second-order valence-electron chi connectivity index (χ2n) is 5.18. The fraction of sp³-hybridized carbons (Fsp3) is 0.375. The molecule has 1 aromatic carbocycles. The van der Waals surface area contributed by atoms with Gasteiger partial charge in [-0.05, 0) is 38.0 Å². The first-order valence-electron chi connectivity index (χ1n) is 7.24. The molecular formula is C16H18N2O3S. The Bertz CT molecular complexity index is 830. The quantitative estimate of drug-likeness (QED) is 0.855. The third-order valence-corrected chi connectivity index (χ3v) is 4.72. The highest BCUT2D eigenvalue weighted by atomic mass is 32.1. The highest BCUT2D eigenvalue weighted by molar-refractivity contribution is 7.16. The minimum absolute atomic E-state index is 0.166. The van der Waals surface area contributed by atoms with Crippen molar-refractivity contribution in [1.29, 1.82) is 0 Å². The molecule has 0 spiro atoms. The maximum absolute atomic E-state index is 12.2. The fourth-order valence-corrected chi connectivity index (χ4v) is 3.67. The molecular weight excluding hydrogens is 300 g/mol. The van der Waals surface area contributed by atoms with Gasteiger partial charge in [0.2, 0.25) is 5.76 Å². The molecule has 1 aliphatic heterocycles. The number of rotatable bonds is 2. The van der Waals surface area contributed by atoms with Crippen LogP contribution in [0.25, 0.3) is 10.2 Å². The van der Waals surface area contributed by atoms with Gasteiger partial charge in [-0.1, -0.05) is 17.4 Å². The van der Waals surface area contributed by atoms with Crippen LogP contribution in [0.2, 0.25) is 0 Å². The second kappa shape index (κ2) is 5.96. The Morgan fingerprint density at radius 1 is 1.36 bits per heavy atom. The minimum Gasteiger partial charge on any atom is -0.494 e. The zero-order chi connectivity index (χ0) is 15.7. The van der Waals surface area contributed by atoms with Crippen molar-refractivity contribution in [2.24, 2.45) is 4.99 Å². The molecule has 0 atom stereocenters. The molecule has 0 saturated carbocycles. The summed E-state index contributed by atoms with van der Waals surface area (Å²) in [4.78, 5) is 17.1. The van der Waals surface area contributed by atoms with E-state index in [0.29, 0.717) is 18.0 Å². The molecule has 0 saturated heterocycles. The molecule has 6 heteroatoms. The van der Waals surface area contributed by atoms with Gasteiger partial charge in [0, 0.05) is 6.54 Å². The van der Waals surface area contributed by atoms with Gasteiger partial charge in [-0.3, -0.25) is 4.79 Å². The Morgan fingerprint density at radius 3 is 2.86 bits per heavy atom. The number of hydrogen-bond donors (Lipinski definition) is 0. The number of aryl methyl sites for hydroxylation is 3. The summed E-state index contributed by atoms with van der Waals surface area (Å²) in [5.41, 5.74) is 3.52. The van der Waals surface area contributed by atoms with E-state index in [0.717, 1.165) is 16.8 Å². The van der Waals surface area contributed by atoms with Crippen LogP contribution in [-0.4, -0.2) is 23.7 Å². The van der Waals surface area contributed by atoms with Gasteiger partial charge in [0.05, 0.1) is 10.2 Å². The lowest BCUT2D eigenvalue weighted by Crippen LogP contribution is -2.19. The number of ether oxygens (including phenoxy) is 2. The van der Waals surface area contributed by atoms with Crippen LogP contribution >= 0.6 is 11.3 Å². The third-order valence-electron chi connectivity index (χ3n) is 3.49. The van der Waals surface area contributed by atoms with E-state index in [9.17, 15) is 4.79 Å². The summed E-state index contributed by atoms with van der Waals surface area (Å²) in [6.07, 6.45) is 1.34. The zero-order valence-corrected chi connectivity index (χ0v) is 13.7. The molecule has 0 N–H and O–H groups in total. The number of thiazole rings is 1. The summed E-state index contributed by atoms with van der Waals surface area (Å²) in [6, 6.07) is 4.27. The molecule has 1 aromatic heterocycles. The third kappa shape index (κ3) is 2.66. The van der Waals surface area contributed by atoms with Crippen LogP contribution in [0.5, 0.6) is 0 Å². The van der Waals surface area contributed by atoms with Gasteiger partial charge in [-0.15, -0.1) is 0 Å². The largest absolute Gasteiger partial charge is 0.494 e. The van der Waals surface area contributed by atoms with Crippen LogP contribution in [0.1, 0.15) is 18.1 Å². The van der Waals surface area contributed by atoms with Crippen molar-refractivity contribution in [1.82, 2.24) is 4.57 Å². The normalized spacial score (nSPS) is 15.4. The van der Waals surface area contributed by atoms with Crippen molar-refractivity contribution >= 4 is 27.5 Å². The SMILES string of the molecule is CCn1c(=NC(=O)C2=COCCO2)sc2c(C)cc(C)cc21. The Morgan fingerprint density at radius 2 is 2.18 bits per heavy atom. The van der Waals surface area contributed by atoms with E-state index in [4.69, 9.17) is 9.47 Å². The van der Waals surface area contributed by atoms with E-state index in [1.807, 2.05) is 6.92 Å². The molecule has 116 valence electrons. The number of fused-ring (bicyclic) bond motifs is 1. The highest BCUT2D eigenvalue weighted by Gasteiger charge is 2.15. The molecule has 2 aromatic rings.